The van der Waals surface area contributed by atoms with E-state index in [1.807, 2.05) is 30.3 Å². The predicted molar refractivity (Wildman–Crippen MR) is 87.8 cm³/mol. The van der Waals surface area contributed by atoms with Gasteiger partial charge in [-0.15, -0.1) is 0 Å². The molecule has 1 aliphatic rings. The number of Topliss-reactive ketones (excluding diaryl/α,β-unsaturated/α-hetero) is 1. The van der Waals surface area contributed by atoms with Crippen LogP contribution in [0.2, 0.25) is 0 Å². The molecule has 0 saturated carbocycles. The highest BCUT2D eigenvalue weighted by Crippen LogP contribution is 2.21. The highest BCUT2D eigenvalue weighted by molar-refractivity contribution is 5.97. The Morgan fingerprint density at radius 3 is 2.41 bits per heavy atom. The zero-order valence-corrected chi connectivity index (χ0v) is 13.5. The minimum Gasteiger partial charge on any atom is -0.355 e. The third-order valence-corrected chi connectivity index (χ3v) is 4.09. The monoisotopic (exact) mass is 302 g/mol. The van der Waals surface area contributed by atoms with Gasteiger partial charge in [-0.05, 0) is 31.8 Å². The second kappa shape index (κ2) is 8.08. The first-order valence-corrected chi connectivity index (χ1v) is 8.14. The number of benzene rings is 1. The van der Waals surface area contributed by atoms with E-state index in [2.05, 4.69) is 24.1 Å². The molecule has 0 aromatic heterocycles. The van der Waals surface area contributed by atoms with E-state index in [0.29, 0.717) is 12.5 Å². The molecule has 0 bridgehead atoms. The molecule has 1 amide bonds. The molecule has 0 radical (unpaired) electrons. The summed E-state index contributed by atoms with van der Waals surface area (Å²) in [6.07, 6.45) is 1.68. The smallest absolute Gasteiger partial charge is 0.234 e. The lowest BCUT2D eigenvalue weighted by molar-refractivity contribution is -0.122. The van der Waals surface area contributed by atoms with Crippen LogP contribution in [0.3, 0.4) is 0 Å². The van der Waals surface area contributed by atoms with Crippen molar-refractivity contribution < 1.29 is 9.59 Å². The summed E-state index contributed by atoms with van der Waals surface area (Å²) in [6, 6.07) is 9.50. The molecule has 4 nitrogen and oxygen atoms in total. The van der Waals surface area contributed by atoms with Crippen LogP contribution >= 0.6 is 0 Å². The fourth-order valence-electron chi connectivity index (χ4n) is 2.77. The largest absolute Gasteiger partial charge is 0.355 e. The molecule has 0 spiro atoms. The van der Waals surface area contributed by atoms with Gasteiger partial charge in [0.15, 0.2) is 5.78 Å². The molecule has 0 atom stereocenters. The lowest BCUT2D eigenvalue weighted by atomic mass is 9.89. The van der Waals surface area contributed by atoms with Crippen molar-refractivity contribution in [2.24, 2.45) is 11.8 Å². The fourth-order valence-corrected chi connectivity index (χ4v) is 2.77. The number of piperidine rings is 1. The van der Waals surface area contributed by atoms with E-state index in [9.17, 15) is 9.59 Å². The van der Waals surface area contributed by atoms with Gasteiger partial charge < -0.3 is 5.32 Å². The van der Waals surface area contributed by atoms with Gasteiger partial charge in [-0.3, -0.25) is 14.5 Å². The third-order valence-electron chi connectivity index (χ3n) is 4.09. The van der Waals surface area contributed by atoms with Crippen LogP contribution in [0.4, 0.5) is 0 Å². The van der Waals surface area contributed by atoms with Gasteiger partial charge in [0.05, 0.1) is 6.54 Å². The normalized spacial score (nSPS) is 16.7. The Bertz CT molecular complexity index is 491. The molecule has 22 heavy (non-hydrogen) atoms. The van der Waals surface area contributed by atoms with E-state index in [4.69, 9.17) is 0 Å². The summed E-state index contributed by atoms with van der Waals surface area (Å²) in [5.41, 5.74) is 0.802. The SMILES string of the molecule is CC(C)CNC(=O)CN1CCC(C(=O)c2ccccc2)CC1. The number of hydrogen-bond donors (Lipinski definition) is 1. The van der Waals surface area contributed by atoms with Crippen LogP contribution in [0.5, 0.6) is 0 Å². The Hall–Kier alpha value is -1.68. The quantitative estimate of drug-likeness (QED) is 0.821. The topological polar surface area (TPSA) is 49.4 Å². The van der Waals surface area contributed by atoms with Gasteiger partial charge in [0, 0.05) is 18.0 Å². The molecular weight excluding hydrogens is 276 g/mol. The number of hydrogen-bond acceptors (Lipinski definition) is 3. The van der Waals surface area contributed by atoms with Crippen molar-refractivity contribution in [3.63, 3.8) is 0 Å². The molecule has 4 heteroatoms. The summed E-state index contributed by atoms with van der Waals surface area (Å²) >= 11 is 0. The molecule has 1 aliphatic heterocycles. The number of nitrogens with zero attached hydrogens (tertiary/aromatic N) is 1. The van der Waals surface area contributed by atoms with Gasteiger partial charge >= 0.3 is 0 Å². The Morgan fingerprint density at radius 1 is 1.18 bits per heavy atom. The Morgan fingerprint density at radius 2 is 1.82 bits per heavy atom. The molecule has 1 fully saturated rings. The van der Waals surface area contributed by atoms with Crippen molar-refractivity contribution >= 4 is 11.7 Å². The predicted octanol–water partition coefficient (Wildman–Crippen LogP) is 2.35. The van der Waals surface area contributed by atoms with Crippen LogP contribution in [0.25, 0.3) is 0 Å². The number of rotatable bonds is 6. The Kier molecular flexibility index (Phi) is 6.13. The van der Waals surface area contributed by atoms with E-state index in [-0.39, 0.29) is 17.6 Å². The van der Waals surface area contributed by atoms with Crippen LogP contribution in [0.1, 0.15) is 37.0 Å². The molecule has 1 saturated heterocycles. The van der Waals surface area contributed by atoms with Crippen LogP contribution in [-0.4, -0.2) is 42.8 Å². The van der Waals surface area contributed by atoms with Gasteiger partial charge in [0.1, 0.15) is 0 Å². The minimum atomic E-state index is 0.0848. The highest BCUT2D eigenvalue weighted by Gasteiger charge is 2.26. The first-order valence-electron chi connectivity index (χ1n) is 8.14. The highest BCUT2D eigenvalue weighted by atomic mass is 16.2. The van der Waals surface area contributed by atoms with Gasteiger partial charge in [-0.25, -0.2) is 0 Å². The summed E-state index contributed by atoms with van der Waals surface area (Å²) in [6.45, 7) is 6.97. The maximum absolute atomic E-state index is 12.4. The van der Waals surface area contributed by atoms with Crippen LogP contribution in [-0.2, 0) is 4.79 Å². The van der Waals surface area contributed by atoms with E-state index in [0.717, 1.165) is 38.0 Å². The van der Waals surface area contributed by atoms with E-state index in [1.54, 1.807) is 0 Å². The van der Waals surface area contributed by atoms with E-state index in [1.165, 1.54) is 0 Å². The molecule has 0 unspecified atom stereocenters. The zero-order valence-electron chi connectivity index (χ0n) is 13.5. The molecule has 0 aliphatic carbocycles. The van der Waals surface area contributed by atoms with Crippen LogP contribution < -0.4 is 5.32 Å². The third kappa shape index (κ3) is 4.95. The van der Waals surface area contributed by atoms with Crippen LogP contribution in [0.15, 0.2) is 30.3 Å². The summed E-state index contributed by atoms with van der Waals surface area (Å²) in [5, 5.41) is 2.94. The van der Waals surface area contributed by atoms with Crippen molar-refractivity contribution in [3.05, 3.63) is 35.9 Å². The number of ketones is 1. The van der Waals surface area contributed by atoms with Gasteiger partial charge in [-0.2, -0.15) is 0 Å². The molecule has 2 rings (SSSR count). The number of likely N-dealkylation sites (tertiary alicyclic amines) is 1. The summed E-state index contributed by atoms with van der Waals surface area (Å²) < 4.78 is 0. The van der Waals surface area contributed by atoms with Gasteiger partial charge in [0.25, 0.3) is 0 Å². The standard InChI is InChI=1S/C18H26N2O2/c1-14(2)12-19-17(21)13-20-10-8-16(9-11-20)18(22)15-6-4-3-5-7-15/h3-7,14,16H,8-13H2,1-2H3,(H,19,21). The summed E-state index contributed by atoms with van der Waals surface area (Å²) in [5.74, 6) is 0.890. The molecule has 120 valence electrons. The fraction of sp³-hybridized carbons (Fsp3) is 0.556. The summed E-state index contributed by atoms with van der Waals surface area (Å²) in [7, 11) is 0. The molecule has 1 N–H and O–H groups in total. The van der Waals surface area contributed by atoms with Crippen molar-refractivity contribution in [1.82, 2.24) is 10.2 Å². The van der Waals surface area contributed by atoms with Crippen molar-refractivity contribution in [2.45, 2.75) is 26.7 Å². The van der Waals surface area contributed by atoms with Gasteiger partial charge in [0.2, 0.25) is 5.91 Å². The van der Waals surface area contributed by atoms with E-state index < -0.39 is 0 Å². The van der Waals surface area contributed by atoms with Gasteiger partial charge in [-0.1, -0.05) is 44.2 Å². The second-order valence-corrected chi connectivity index (χ2v) is 6.48. The summed E-state index contributed by atoms with van der Waals surface area (Å²) in [4.78, 5) is 26.4. The lowest BCUT2D eigenvalue weighted by Crippen LogP contribution is -2.43. The van der Waals surface area contributed by atoms with Crippen molar-refractivity contribution in [2.75, 3.05) is 26.2 Å². The minimum absolute atomic E-state index is 0.0848. The maximum atomic E-state index is 12.4. The zero-order chi connectivity index (χ0) is 15.9. The van der Waals surface area contributed by atoms with E-state index >= 15 is 0 Å². The average Bonchev–Trinajstić information content (AvgIpc) is 2.54. The maximum Gasteiger partial charge on any atom is 0.234 e. The number of nitrogens with one attached hydrogen (secondary N) is 1. The second-order valence-electron chi connectivity index (χ2n) is 6.48. The molecule has 1 aromatic rings. The number of carbonyl (C=O) groups excluding carboxylic acids is 2. The number of carbonyl (C=O) groups is 2. The molecule has 1 heterocycles. The first-order chi connectivity index (χ1) is 10.6. The molecular formula is C18H26N2O2. The lowest BCUT2D eigenvalue weighted by Gasteiger charge is -2.30. The average molecular weight is 302 g/mol. The first kappa shape index (κ1) is 16.7. The Labute approximate surface area is 132 Å². The Balaban J connectivity index is 1.76. The van der Waals surface area contributed by atoms with Crippen LogP contribution in [0, 0.1) is 11.8 Å². The number of amides is 1. The van der Waals surface area contributed by atoms with Crippen molar-refractivity contribution in [1.29, 1.82) is 0 Å². The van der Waals surface area contributed by atoms with Crippen molar-refractivity contribution in [3.8, 4) is 0 Å². The molecule has 1 aromatic carbocycles.